The van der Waals surface area contributed by atoms with Crippen LogP contribution < -0.4 is 11.1 Å². The number of ether oxygens (including phenoxy) is 1. The van der Waals surface area contributed by atoms with Crippen molar-refractivity contribution in [1.82, 2.24) is 0 Å². The number of primary amides is 1. The quantitative estimate of drug-likeness (QED) is 0.803. The monoisotopic (exact) mass is 234 g/mol. The normalized spacial score (nSPS) is 19.2. The van der Waals surface area contributed by atoms with Crippen LogP contribution in [0.25, 0.3) is 0 Å². The molecule has 0 spiro atoms. The van der Waals surface area contributed by atoms with Crippen LogP contribution in [0.15, 0.2) is 24.3 Å². The van der Waals surface area contributed by atoms with E-state index in [1.165, 1.54) is 0 Å². The topological polar surface area (TPSA) is 64.4 Å². The molecule has 4 heteroatoms. The number of carbonyl (C=O) groups excluding carboxylic acids is 1. The van der Waals surface area contributed by atoms with E-state index >= 15 is 0 Å². The molecule has 17 heavy (non-hydrogen) atoms. The van der Waals surface area contributed by atoms with Gasteiger partial charge in [-0.15, -0.1) is 0 Å². The van der Waals surface area contributed by atoms with Crippen molar-refractivity contribution in [2.24, 2.45) is 11.7 Å². The third-order valence-corrected chi connectivity index (χ3v) is 2.95. The molecule has 0 aliphatic carbocycles. The van der Waals surface area contributed by atoms with Crippen LogP contribution in [0.5, 0.6) is 0 Å². The molecule has 0 saturated carbocycles. The van der Waals surface area contributed by atoms with Gasteiger partial charge in [0, 0.05) is 24.8 Å². The Bertz CT molecular complexity index is 370. The maximum atomic E-state index is 10.7. The van der Waals surface area contributed by atoms with Crippen molar-refractivity contribution < 1.29 is 9.53 Å². The molecule has 2 rings (SSSR count). The SMILES string of the molecule is NC(=O)Cc1ccc(NCC2CCOC2)cc1. The van der Waals surface area contributed by atoms with E-state index in [1.54, 1.807) is 0 Å². The Kier molecular flexibility index (Phi) is 3.98. The van der Waals surface area contributed by atoms with Gasteiger partial charge in [0.25, 0.3) is 0 Å². The van der Waals surface area contributed by atoms with E-state index in [4.69, 9.17) is 10.5 Å². The molecule has 0 aromatic heterocycles. The molecule has 0 bridgehead atoms. The molecule has 1 amide bonds. The highest BCUT2D eigenvalue weighted by Crippen LogP contribution is 2.15. The molecule has 1 saturated heterocycles. The molecule has 1 aromatic carbocycles. The van der Waals surface area contributed by atoms with Gasteiger partial charge in [-0.2, -0.15) is 0 Å². The van der Waals surface area contributed by atoms with Gasteiger partial charge in [0.2, 0.25) is 5.91 Å². The number of carbonyl (C=O) groups is 1. The van der Waals surface area contributed by atoms with Crippen LogP contribution >= 0.6 is 0 Å². The highest BCUT2D eigenvalue weighted by atomic mass is 16.5. The summed E-state index contributed by atoms with van der Waals surface area (Å²) in [6, 6.07) is 7.82. The molecule has 0 radical (unpaired) electrons. The summed E-state index contributed by atoms with van der Waals surface area (Å²) in [5.41, 5.74) is 7.16. The summed E-state index contributed by atoms with van der Waals surface area (Å²) in [5.74, 6) is 0.314. The van der Waals surface area contributed by atoms with Crippen LogP contribution in [0.3, 0.4) is 0 Å². The fraction of sp³-hybridized carbons (Fsp3) is 0.462. The first kappa shape index (κ1) is 11.9. The summed E-state index contributed by atoms with van der Waals surface area (Å²) in [4.78, 5) is 10.7. The highest BCUT2D eigenvalue weighted by molar-refractivity contribution is 5.76. The summed E-state index contributed by atoms with van der Waals surface area (Å²) < 4.78 is 5.32. The van der Waals surface area contributed by atoms with E-state index in [0.29, 0.717) is 12.3 Å². The maximum absolute atomic E-state index is 10.7. The second-order valence-corrected chi connectivity index (χ2v) is 4.45. The second kappa shape index (κ2) is 5.68. The lowest BCUT2D eigenvalue weighted by Crippen LogP contribution is -2.15. The van der Waals surface area contributed by atoms with E-state index in [1.807, 2.05) is 24.3 Å². The Morgan fingerprint density at radius 3 is 2.76 bits per heavy atom. The summed E-state index contributed by atoms with van der Waals surface area (Å²) in [7, 11) is 0. The smallest absolute Gasteiger partial charge is 0.221 e. The Hall–Kier alpha value is -1.55. The third kappa shape index (κ3) is 3.75. The molecule has 1 unspecified atom stereocenters. The molecule has 1 fully saturated rings. The van der Waals surface area contributed by atoms with Crippen molar-refractivity contribution in [2.75, 3.05) is 25.1 Å². The zero-order chi connectivity index (χ0) is 12.1. The molecular formula is C13H18N2O2. The number of amides is 1. The van der Waals surface area contributed by atoms with Crippen molar-refractivity contribution in [3.05, 3.63) is 29.8 Å². The third-order valence-electron chi connectivity index (χ3n) is 2.95. The molecular weight excluding hydrogens is 216 g/mol. The predicted octanol–water partition coefficient (Wildman–Crippen LogP) is 1.16. The van der Waals surface area contributed by atoms with E-state index in [9.17, 15) is 4.79 Å². The number of nitrogens with one attached hydrogen (secondary N) is 1. The van der Waals surface area contributed by atoms with Crippen LogP contribution in [0.4, 0.5) is 5.69 Å². The Morgan fingerprint density at radius 1 is 1.41 bits per heavy atom. The Labute approximate surface area is 101 Å². The number of hydrogen-bond acceptors (Lipinski definition) is 3. The molecule has 92 valence electrons. The minimum Gasteiger partial charge on any atom is -0.385 e. The van der Waals surface area contributed by atoms with E-state index in [2.05, 4.69) is 5.32 Å². The largest absolute Gasteiger partial charge is 0.385 e. The average molecular weight is 234 g/mol. The zero-order valence-electron chi connectivity index (χ0n) is 9.82. The summed E-state index contributed by atoms with van der Waals surface area (Å²) >= 11 is 0. The van der Waals surface area contributed by atoms with Gasteiger partial charge in [-0.1, -0.05) is 12.1 Å². The van der Waals surface area contributed by atoms with E-state index in [0.717, 1.165) is 37.4 Å². The van der Waals surface area contributed by atoms with Crippen molar-refractivity contribution >= 4 is 11.6 Å². The van der Waals surface area contributed by atoms with Crippen LogP contribution in [-0.2, 0) is 16.0 Å². The number of nitrogens with two attached hydrogens (primary N) is 1. The number of anilines is 1. The lowest BCUT2D eigenvalue weighted by atomic mass is 10.1. The van der Waals surface area contributed by atoms with Crippen LogP contribution in [0, 0.1) is 5.92 Å². The van der Waals surface area contributed by atoms with Gasteiger partial charge in [0.05, 0.1) is 13.0 Å². The predicted molar refractivity (Wildman–Crippen MR) is 66.8 cm³/mol. The standard InChI is InChI=1S/C13H18N2O2/c14-13(16)7-10-1-3-12(4-2-10)15-8-11-5-6-17-9-11/h1-4,11,15H,5-9H2,(H2,14,16). The lowest BCUT2D eigenvalue weighted by Gasteiger charge is -2.10. The number of rotatable bonds is 5. The minimum absolute atomic E-state index is 0.297. The van der Waals surface area contributed by atoms with Gasteiger partial charge >= 0.3 is 0 Å². The molecule has 3 N–H and O–H groups in total. The Morgan fingerprint density at radius 2 is 2.18 bits per heavy atom. The summed E-state index contributed by atoms with van der Waals surface area (Å²) in [5, 5.41) is 3.37. The summed E-state index contributed by atoms with van der Waals surface area (Å²) in [6.45, 7) is 2.67. The second-order valence-electron chi connectivity index (χ2n) is 4.45. The maximum Gasteiger partial charge on any atom is 0.221 e. The van der Waals surface area contributed by atoms with Gasteiger partial charge < -0.3 is 15.8 Å². The molecule has 1 heterocycles. The van der Waals surface area contributed by atoms with Crippen molar-refractivity contribution in [1.29, 1.82) is 0 Å². The molecule has 1 aliphatic rings. The van der Waals surface area contributed by atoms with Gasteiger partial charge in [-0.25, -0.2) is 0 Å². The van der Waals surface area contributed by atoms with E-state index < -0.39 is 0 Å². The first-order valence-electron chi connectivity index (χ1n) is 5.93. The minimum atomic E-state index is -0.297. The van der Waals surface area contributed by atoms with Gasteiger partial charge in [-0.3, -0.25) is 4.79 Å². The molecule has 4 nitrogen and oxygen atoms in total. The highest BCUT2D eigenvalue weighted by Gasteiger charge is 2.14. The molecule has 1 aromatic rings. The number of hydrogen-bond donors (Lipinski definition) is 2. The zero-order valence-corrected chi connectivity index (χ0v) is 9.82. The Balaban J connectivity index is 1.82. The van der Waals surface area contributed by atoms with E-state index in [-0.39, 0.29) is 5.91 Å². The number of benzene rings is 1. The molecule has 1 atom stereocenters. The van der Waals surface area contributed by atoms with Crippen LogP contribution in [-0.4, -0.2) is 25.7 Å². The fourth-order valence-corrected chi connectivity index (χ4v) is 1.95. The van der Waals surface area contributed by atoms with Crippen molar-refractivity contribution in [2.45, 2.75) is 12.8 Å². The van der Waals surface area contributed by atoms with Gasteiger partial charge in [-0.05, 0) is 24.1 Å². The van der Waals surface area contributed by atoms with Gasteiger partial charge in [0.15, 0.2) is 0 Å². The van der Waals surface area contributed by atoms with Gasteiger partial charge in [0.1, 0.15) is 0 Å². The first-order chi connectivity index (χ1) is 8.24. The average Bonchev–Trinajstić information content (AvgIpc) is 2.80. The van der Waals surface area contributed by atoms with Crippen molar-refractivity contribution in [3.63, 3.8) is 0 Å². The van der Waals surface area contributed by atoms with Crippen molar-refractivity contribution in [3.8, 4) is 0 Å². The van der Waals surface area contributed by atoms with Crippen LogP contribution in [0.1, 0.15) is 12.0 Å². The van der Waals surface area contributed by atoms with Crippen LogP contribution in [0.2, 0.25) is 0 Å². The fourth-order valence-electron chi connectivity index (χ4n) is 1.95. The summed E-state index contributed by atoms with van der Waals surface area (Å²) in [6.07, 6.45) is 1.43. The molecule has 1 aliphatic heterocycles. The lowest BCUT2D eigenvalue weighted by molar-refractivity contribution is -0.117. The first-order valence-corrected chi connectivity index (χ1v) is 5.93.